The highest BCUT2D eigenvalue weighted by atomic mass is 14.9. The molecule has 0 radical (unpaired) electrons. The van der Waals surface area contributed by atoms with E-state index in [1.54, 1.807) is 12.3 Å². The van der Waals surface area contributed by atoms with Crippen LogP contribution in [0.5, 0.6) is 0 Å². The van der Waals surface area contributed by atoms with Crippen molar-refractivity contribution in [1.82, 2.24) is 5.32 Å². The van der Waals surface area contributed by atoms with Crippen molar-refractivity contribution in [3.8, 4) is 0 Å². The van der Waals surface area contributed by atoms with E-state index < -0.39 is 0 Å². The van der Waals surface area contributed by atoms with Crippen molar-refractivity contribution in [2.24, 2.45) is 5.92 Å². The third kappa shape index (κ3) is 4.13. The van der Waals surface area contributed by atoms with Gasteiger partial charge in [-0.15, -0.1) is 0 Å². The van der Waals surface area contributed by atoms with Gasteiger partial charge in [-0.1, -0.05) is 13.8 Å². The zero-order chi connectivity index (χ0) is 7.98. The van der Waals surface area contributed by atoms with E-state index in [1.165, 1.54) is 6.21 Å². The summed E-state index contributed by atoms with van der Waals surface area (Å²) < 4.78 is 0. The summed E-state index contributed by atoms with van der Waals surface area (Å²) in [5.41, 5.74) is 0. The summed E-state index contributed by atoms with van der Waals surface area (Å²) in [7, 11) is 0. The molecule has 0 amide bonds. The molecular formula is C8H16N2. The van der Waals surface area contributed by atoms with Crippen molar-refractivity contribution in [3.63, 3.8) is 0 Å². The van der Waals surface area contributed by atoms with Crippen molar-refractivity contribution in [2.75, 3.05) is 0 Å². The summed E-state index contributed by atoms with van der Waals surface area (Å²) >= 11 is 0. The molecule has 0 aliphatic rings. The van der Waals surface area contributed by atoms with Gasteiger partial charge in [-0.05, 0) is 25.1 Å². The Hall–Kier alpha value is -0.790. The Morgan fingerprint density at radius 2 is 1.90 bits per heavy atom. The smallest absolute Gasteiger partial charge is 0.0250 e. The molecule has 0 saturated heterocycles. The van der Waals surface area contributed by atoms with Crippen LogP contribution in [0.1, 0.15) is 20.8 Å². The van der Waals surface area contributed by atoms with Gasteiger partial charge in [-0.2, -0.15) is 0 Å². The lowest BCUT2D eigenvalue weighted by atomic mass is 10.1. The molecule has 0 aromatic carbocycles. The van der Waals surface area contributed by atoms with Crippen LogP contribution in [0, 0.1) is 11.3 Å². The van der Waals surface area contributed by atoms with Crippen LogP contribution in [0.2, 0.25) is 0 Å². The number of nitrogens with one attached hydrogen (secondary N) is 2. The normalized spacial score (nSPS) is 14.0. The standard InChI is InChI=1S/C8H16N2/c1-7(2)8(3)10-6-4-5-9/h4-10H,1-3H3/b6-4-,9-5?. The van der Waals surface area contributed by atoms with E-state index in [-0.39, 0.29) is 0 Å². The zero-order valence-corrected chi connectivity index (χ0v) is 6.89. The molecule has 2 nitrogen and oxygen atoms in total. The van der Waals surface area contributed by atoms with Crippen molar-refractivity contribution < 1.29 is 0 Å². The van der Waals surface area contributed by atoms with E-state index in [9.17, 15) is 0 Å². The first-order valence-electron chi connectivity index (χ1n) is 3.60. The summed E-state index contributed by atoms with van der Waals surface area (Å²) in [5.74, 6) is 0.635. The Kier molecular flexibility index (Phi) is 4.63. The zero-order valence-electron chi connectivity index (χ0n) is 6.89. The second-order valence-corrected chi connectivity index (χ2v) is 2.73. The lowest BCUT2D eigenvalue weighted by Gasteiger charge is -2.14. The highest BCUT2D eigenvalue weighted by Crippen LogP contribution is 1.98. The third-order valence-electron chi connectivity index (χ3n) is 1.55. The number of rotatable bonds is 4. The van der Waals surface area contributed by atoms with Crippen LogP contribution in [-0.2, 0) is 0 Å². The Balaban J connectivity index is 3.48. The number of allylic oxidation sites excluding steroid dienone is 1. The molecule has 0 aliphatic carbocycles. The molecule has 0 aromatic rings. The average Bonchev–Trinajstić information content (AvgIpc) is 1.88. The van der Waals surface area contributed by atoms with Crippen LogP contribution < -0.4 is 5.32 Å². The predicted octanol–water partition coefficient (Wildman–Crippen LogP) is 1.78. The van der Waals surface area contributed by atoms with Gasteiger partial charge in [0.25, 0.3) is 0 Å². The van der Waals surface area contributed by atoms with Gasteiger partial charge >= 0.3 is 0 Å². The van der Waals surface area contributed by atoms with Crippen molar-refractivity contribution in [1.29, 1.82) is 5.41 Å². The highest BCUT2D eigenvalue weighted by Gasteiger charge is 2.01. The largest absolute Gasteiger partial charge is 0.388 e. The number of hydrogen-bond donors (Lipinski definition) is 2. The van der Waals surface area contributed by atoms with Crippen LogP contribution in [0.3, 0.4) is 0 Å². The van der Waals surface area contributed by atoms with E-state index >= 15 is 0 Å². The average molecular weight is 140 g/mol. The lowest BCUT2D eigenvalue weighted by molar-refractivity contribution is 0.474. The van der Waals surface area contributed by atoms with Gasteiger partial charge in [0.15, 0.2) is 0 Å². The molecule has 10 heavy (non-hydrogen) atoms. The van der Waals surface area contributed by atoms with E-state index in [1.807, 2.05) is 0 Å². The fraction of sp³-hybridized carbons (Fsp3) is 0.625. The van der Waals surface area contributed by atoms with E-state index in [0.717, 1.165) is 0 Å². The van der Waals surface area contributed by atoms with Gasteiger partial charge < -0.3 is 10.7 Å². The minimum absolute atomic E-state index is 0.483. The molecule has 0 rings (SSSR count). The molecule has 2 N–H and O–H groups in total. The predicted molar refractivity (Wildman–Crippen MR) is 45.4 cm³/mol. The van der Waals surface area contributed by atoms with Gasteiger partial charge in [0, 0.05) is 12.3 Å². The first-order valence-corrected chi connectivity index (χ1v) is 3.60. The maximum atomic E-state index is 6.70. The third-order valence-corrected chi connectivity index (χ3v) is 1.55. The van der Waals surface area contributed by atoms with Crippen LogP contribution >= 0.6 is 0 Å². The molecule has 0 aromatic heterocycles. The Morgan fingerprint density at radius 1 is 1.30 bits per heavy atom. The second kappa shape index (κ2) is 5.03. The summed E-state index contributed by atoms with van der Waals surface area (Å²) in [6.45, 7) is 6.45. The van der Waals surface area contributed by atoms with E-state index in [4.69, 9.17) is 5.41 Å². The molecule has 0 saturated carbocycles. The lowest BCUT2D eigenvalue weighted by Crippen LogP contribution is -2.25. The van der Waals surface area contributed by atoms with Crippen LogP contribution in [0.25, 0.3) is 0 Å². The molecule has 1 atom stereocenters. The quantitative estimate of drug-likeness (QED) is 0.574. The Bertz CT molecular complexity index is 116. The molecule has 2 heteroatoms. The molecule has 0 spiro atoms. The van der Waals surface area contributed by atoms with Crippen LogP contribution in [0.4, 0.5) is 0 Å². The Labute approximate surface area is 62.8 Å². The summed E-state index contributed by atoms with van der Waals surface area (Å²) in [4.78, 5) is 0. The van der Waals surface area contributed by atoms with Gasteiger partial charge in [0.2, 0.25) is 0 Å². The maximum Gasteiger partial charge on any atom is 0.0250 e. The molecule has 0 heterocycles. The second-order valence-electron chi connectivity index (χ2n) is 2.73. The van der Waals surface area contributed by atoms with Crippen molar-refractivity contribution in [2.45, 2.75) is 26.8 Å². The van der Waals surface area contributed by atoms with E-state index in [2.05, 4.69) is 26.1 Å². The van der Waals surface area contributed by atoms with Gasteiger partial charge in [0.1, 0.15) is 0 Å². The van der Waals surface area contributed by atoms with E-state index in [0.29, 0.717) is 12.0 Å². The van der Waals surface area contributed by atoms with Gasteiger partial charge in [-0.3, -0.25) is 0 Å². The first-order chi connectivity index (χ1) is 4.68. The number of hydrogen-bond acceptors (Lipinski definition) is 2. The monoisotopic (exact) mass is 140 g/mol. The first kappa shape index (κ1) is 9.21. The maximum absolute atomic E-state index is 6.70. The van der Waals surface area contributed by atoms with Crippen LogP contribution in [0.15, 0.2) is 12.3 Å². The molecule has 0 bridgehead atoms. The summed E-state index contributed by atoms with van der Waals surface area (Å²) in [6, 6.07) is 0.483. The Morgan fingerprint density at radius 3 is 2.30 bits per heavy atom. The minimum atomic E-state index is 0.483. The SMILES string of the molecule is CC(C)C(C)N/C=C\C=N. The van der Waals surface area contributed by atoms with Crippen molar-refractivity contribution >= 4 is 6.21 Å². The molecule has 1 unspecified atom stereocenters. The molecule has 0 fully saturated rings. The minimum Gasteiger partial charge on any atom is -0.388 e. The van der Waals surface area contributed by atoms with Gasteiger partial charge in [-0.25, -0.2) is 0 Å². The van der Waals surface area contributed by atoms with Crippen molar-refractivity contribution in [3.05, 3.63) is 12.3 Å². The van der Waals surface area contributed by atoms with Gasteiger partial charge in [0.05, 0.1) is 0 Å². The highest BCUT2D eigenvalue weighted by molar-refractivity contribution is 5.67. The molecule has 0 aliphatic heterocycles. The van der Waals surface area contributed by atoms with Crippen LogP contribution in [-0.4, -0.2) is 12.3 Å². The fourth-order valence-corrected chi connectivity index (χ4v) is 0.448. The molecular weight excluding hydrogens is 124 g/mol. The fourth-order valence-electron chi connectivity index (χ4n) is 0.448. The molecule has 58 valence electrons. The topological polar surface area (TPSA) is 35.9 Å². The summed E-state index contributed by atoms with van der Waals surface area (Å²) in [5, 5.41) is 9.85. The summed E-state index contributed by atoms with van der Waals surface area (Å²) in [6.07, 6.45) is 4.75.